The third-order valence-electron chi connectivity index (χ3n) is 3.23. The Morgan fingerprint density at radius 2 is 1.95 bits per heavy atom. The van der Waals surface area contributed by atoms with Crippen LogP contribution in [0.2, 0.25) is 0 Å². The highest BCUT2D eigenvalue weighted by atomic mass is 32.2. The SMILES string of the molecule is CCCCCCSCC(C)C(=O)OC(=O)c1ccccc1O. The molecule has 0 saturated heterocycles. The number of unbranched alkanes of at least 4 members (excludes halogenated alkanes) is 3. The molecule has 1 atom stereocenters. The second-order valence-electron chi connectivity index (χ2n) is 5.26. The number of hydrogen-bond donors (Lipinski definition) is 1. The molecule has 0 amide bonds. The molecule has 22 heavy (non-hydrogen) atoms. The van der Waals surface area contributed by atoms with Gasteiger partial charge in [0.15, 0.2) is 0 Å². The highest BCUT2D eigenvalue weighted by molar-refractivity contribution is 7.99. The second-order valence-corrected chi connectivity index (χ2v) is 6.41. The van der Waals surface area contributed by atoms with Crippen molar-refractivity contribution < 1.29 is 19.4 Å². The second kappa shape index (κ2) is 10.3. The maximum Gasteiger partial charge on any atom is 0.349 e. The van der Waals surface area contributed by atoms with Crippen molar-refractivity contribution in [3.05, 3.63) is 29.8 Å². The molecule has 0 aliphatic rings. The van der Waals surface area contributed by atoms with Crippen molar-refractivity contribution in [3.8, 4) is 5.75 Å². The predicted octanol–water partition coefficient (Wildman–Crippen LogP) is 4.03. The number of carbonyl (C=O) groups excluding carboxylic acids is 2. The van der Waals surface area contributed by atoms with Gasteiger partial charge in [-0.05, 0) is 24.3 Å². The molecular formula is C17H24O4S. The number of phenols is 1. The molecule has 0 aliphatic carbocycles. The van der Waals surface area contributed by atoms with Gasteiger partial charge in [-0.3, -0.25) is 4.79 Å². The van der Waals surface area contributed by atoms with Crippen LogP contribution in [-0.4, -0.2) is 28.6 Å². The van der Waals surface area contributed by atoms with Crippen molar-refractivity contribution in [3.63, 3.8) is 0 Å². The summed E-state index contributed by atoms with van der Waals surface area (Å²) in [5.41, 5.74) is 0.00951. The lowest BCUT2D eigenvalue weighted by molar-refractivity contribution is -0.141. The number of esters is 2. The minimum Gasteiger partial charge on any atom is -0.507 e. The number of aromatic hydroxyl groups is 1. The maximum absolute atomic E-state index is 11.9. The topological polar surface area (TPSA) is 63.6 Å². The monoisotopic (exact) mass is 324 g/mol. The smallest absolute Gasteiger partial charge is 0.349 e. The molecule has 0 heterocycles. The van der Waals surface area contributed by atoms with Crippen molar-refractivity contribution in [2.75, 3.05) is 11.5 Å². The molecule has 1 aromatic rings. The minimum atomic E-state index is -0.803. The zero-order valence-corrected chi connectivity index (χ0v) is 14.0. The van der Waals surface area contributed by atoms with Gasteiger partial charge in [0.1, 0.15) is 11.3 Å². The van der Waals surface area contributed by atoms with E-state index in [-0.39, 0.29) is 17.2 Å². The number of thioether (sulfide) groups is 1. The molecule has 1 aromatic carbocycles. The Hall–Kier alpha value is -1.49. The normalized spacial score (nSPS) is 11.9. The van der Waals surface area contributed by atoms with Gasteiger partial charge < -0.3 is 9.84 Å². The summed E-state index contributed by atoms with van der Waals surface area (Å²) in [5.74, 6) is -0.217. The summed E-state index contributed by atoms with van der Waals surface area (Å²) in [5, 5.41) is 9.56. The third-order valence-corrected chi connectivity index (χ3v) is 4.54. The van der Waals surface area contributed by atoms with E-state index < -0.39 is 11.9 Å². The summed E-state index contributed by atoms with van der Waals surface area (Å²) in [7, 11) is 0. The van der Waals surface area contributed by atoms with E-state index >= 15 is 0 Å². The summed E-state index contributed by atoms with van der Waals surface area (Å²) in [6.07, 6.45) is 4.82. The van der Waals surface area contributed by atoms with E-state index in [0.29, 0.717) is 5.75 Å². The fourth-order valence-corrected chi connectivity index (χ4v) is 2.92. The van der Waals surface area contributed by atoms with E-state index in [1.54, 1.807) is 30.8 Å². The van der Waals surface area contributed by atoms with Crippen LogP contribution in [-0.2, 0) is 9.53 Å². The number of benzene rings is 1. The van der Waals surface area contributed by atoms with Crippen LogP contribution >= 0.6 is 11.8 Å². The molecule has 0 fully saturated rings. The average molecular weight is 324 g/mol. The number of hydrogen-bond acceptors (Lipinski definition) is 5. The lowest BCUT2D eigenvalue weighted by Gasteiger charge is -2.10. The molecule has 1 N–H and O–H groups in total. The first kappa shape index (κ1) is 18.6. The Labute approximate surface area is 136 Å². The van der Waals surface area contributed by atoms with Crippen molar-refractivity contribution in [2.45, 2.75) is 39.5 Å². The zero-order valence-electron chi connectivity index (χ0n) is 13.2. The van der Waals surface area contributed by atoms with E-state index in [1.165, 1.54) is 31.4 Å². The van der Waals surface area contributed by atoms with Gasteiger partial charge >= 0.3 is 11.9 Å². The van der Waals surface area contributed by atoms with E-state index in [0.717, 1.165) is 12.2 Å². The Balaban J connectivity index is 2.32. The van der Waals surface area contributed by atoms with E-state index in [9.17, 15) is 14.7 Å². The maximum atomic E-state index is 11.9. The van der Waals surface area contributed by atoms with Crippen molar-refractivity contribution >= 4 is 23.7 Å². The van der Waals surface area contributed by atoms with Crippen LogP contribution < -0.4 is 0 Å². The lowest BCUT2D eigenvalue weighted by Crippen LogP contribution is -2.21. The number of carbonyl (C=O) groups is 2. The summed E-state index contributed by atoms with van der Waals surface area (Å²) in [4.78, 5) is 23.7. The Morgan fingerprint density at radius 1 is 1.23 bits per heavy atom. The van der Waals surface area contributed by atoms with Crippen LogP contribution in [0.25, 0.3) is 0 Å². The van der Waals surface area contributed by atoms with Crippen molar-refractivity contribution in [1.29, 1.82) is 0 Å². The fourth-order valence-electron chi connectivity index (χ4n) is 1.85. The van der Waals surface area contributed by atoms with E-state index in [1.807, 2.05) is 0 Å². The van der Waals surface area contributed by atoms with Crippen LogP contribution in [0.4, 0.5) is 0 Å². The van der Waals surface area contributed by atoms with E-state index in [2.05, 4.69) is 6.92 Å². The standard InChI is InChI=1S/C17H24O4S/c1-3-4-5-8-11-22-12-13(2)16(19)21-17(20)14-9-6-7-10-15(14)18/h6-7,9-10,13,18H,3-5,8,11-12H2,1-2H3. The van der Waals surface area contributed by atoms with Gasteiger partial charge in [0.05, 0.1) is 5.92 Å². The number of ether oxygens (including phenoxy) is 1. The fraction of sp³-hybridized carbons (Fsp3) is 0.529. The Bertz CT molecular complexity index is 487. The molecule has 0 aliphatic heterocycles. The number of para-hydroxylation sites is 1. The van der Waals surface area contributed by atoms with Gasteiger partial charge in [0.2, 0.25) is 0 Å². The summed E-state index contributed by atoms with van der Waals surface area (Å²) >= 11 is 1.70. The molecule has 5 heteroatoms. The summed E-state index contributed by atoms with van der Waals surface area (Å²) in [6.45, 7) is 3.92. The van der Waals surface area contributed by atoms with Crippen LogP contribution in [0.5, 0.6) is 5.75 Å². The quantitative estimate of drug-likeness (QED) is 0.422. The number of phenolic OH excluding ortho intramolecular Hbond substituents is 1. The first-order valence-electron chi connectivity index (χ1n) is 7.68. The molecular weight excluding hydrogens is 300 g/mol. The molecule has 4 nitrogen and oxygen atoms in total. The van der Waals surface area contributed by atoms with Crippen LogP contribution in [0.3, 0.4) is 0 Å². The summed E-state index contributed by atoms with van der Waals surface area (Å²) in [6, 6.07) is 6.02. The van der Waals surface area contributed by atoms with Crippen LogP contribution in [0.15, 0.2) is 24.3 Å². The van der Waals surface area contributed by atoms with Crippen LogP contribution in [0.1, 0.15) is 49.9 Å². The molecule has 1 unspecified atom stereocenters. The Morgan fingerprint density at radius 3 is 2.64 bits per heavy atom. The minimum absolute atomic E-state index is 0.00951. The Kier molecular flexibility index (Phi) is 8.67. The van der Waals surface area contributed by atoms with Crippen molar-refractivity contribution in [1.82, 2.24) is 0 Å². The molecule has 0 spiro atoms. The first-order chi connectivity index (χ1) is 10.6. The molecule has 122 valence electrons. The number of rotatable bonds is 9. The zero-order chi connectivity index (χ0) is 16.4. The van der Waals surface area contributed by atoms with Gasteiger partial charge in [-0.25, -0.2) is 4.79 Å². The molecule has 0 saturated carbocycles. The molecule has 0 aromatic heterocycles. The van der Waals surface area contributed by atoms with Crippen LogP contribution in [0, 0.1) is 5.92 Å². The lowest BCUT2D eigenvalue weighted by atomic mass is 10.2. The van der Waals surface area contributed by atoms with Gasteiger partial charge in [-0.1, -0.05) is 45.2 Å². The van der Waals surface area contributed by atoms with Gasteiger partial charge in [0, 0.05) is 5.75 Å². The van der Waals surface area contributed by atoms with E-state index in [4.69, 9.17) is 4.74 Å². The van der Waals surface area contributed by atoms with Gasteiger partial charge in [-0.2, -0.15) is 11.8 Å². The first-order valence-corrected chi connectivity index (χ1v) is 8.83. The highest BCUT2D eigenvalue weighted by Gasteiger charge is 2.21. The van der Waals surface area contributed by atoms with Gasteiger partial charge in [-0.15, -0.1) is 0 Å². The predicted molar refractivity (Wildman–Crippen MR) is 89.2 cm³/mol. The third kappa shape index (κ3) is 6.52. The molecule has 1 rings (SSSR count). The van der Waals surface area contributed by atoms with Crippen molar-refractivity contribution in [2.24, 2.45) is 5.92 Å². The highest BCUT2D eigenvalue weighted by Crippen LogP contribution is 2.18. The largest absolute Gasteiger partial charge is 0.507 e. The molecule has 0 bridgehead atoms. The summed E-state index contributed by atoms with van der Waals surface area (Å²) < 4.78 is 4.82. The molecule has 0 radical (unpaired) electrons. The average Bonchev–Trinajstić information content (AvgIpc) is 2.50. The van der Waals surface area contributed by atoms with Gasteiger partial charge in [0.25, 0.3) is 0 Å².